The van der Waals surface area contributed by atoms with Gasteiger partial charge in [-0.3, -0.25) is 9.59 Å². The number of carbonyl (C=O) groups excluding carboxylic acids is 2. The lowest BCUT2D eigenvalue weighted by Gasteiger charge is -2.43. The molecule has 1 saturated heterocycles. The first kappa shape index (κ1) is 19.7. The smallest absolute Gasteiger partial charge is 0.246 e. The van der Waals surface area contributed by atoms with Gasteiger partial charge in [0.05, 0.1) is 0 Å². The quantitative estimate of drug-likeness (QED) is 0.832. The Morgan fingerprint density at radius 2 is 1.67 bits per heavy atom. The number of rotatable bonds is 5. The van der Waals surface area contributed by atoms with Gasteiger partial charge in [-0.2, -0.15) is 0 Å². The van der Waals surface area contributed by atoms with E-state index in [9.17, 15) is 9.59 Å². The third-order valence-corrected chi connectivity index (χ3v) is 5.89. The van der Waals surface area contributed by atoms with Crippen LogP contribution in [0.5, 0.6) is 0 Å². The van der Waals surface area contributed by atoms with E-state index in [0.29, 0.717) is 31.8 Å². The standard InChI is InChI=1S/C22H33N3O2/c1-17(2)23-21(27)22(24-19-11-7-4-8-12-19)13-15-25(16-14-22)20(26)18-9-5-3-6-10-18/h4,7-8,11-12,17-18,24H,3,5-6,9-10,13-16H2,1-2H3,(H,23,27). The first-order valence-corrected chi connectivity index (χ1v) is 10.4. The van der Waals surface area contributed by atoms with Crippen molar-refractivity contribution in [2.45, 2.75) is 70.4 Å². The number of hydrogen-bond acceptors (Lipinski definition) is 3. The van der Waals surface area contributed by atoms with Crippen LogP contribution in [0.25, 0.3) is 0 Å². The first-order chi connectivity index (χ1) is 13.0. The van der Waals surface area contributed by atoms with Gasteiger partial charge in [-0.15, -0.1) is 0 Å². The van der Waals surface area contributed by atoms with E-state index in [2.05, 4.69) is 10.6 Å². The number of carbonyl (C=O) groups is 2. The molecule has 1 aromatic carbocycles. The third-order valence-electron chi connectivity index (χ3n) is 5.89. The minimum Gasteiger partial charge on any atom is -0.371 e. The summed E-state index contributed by atoms with van der Waals surface area (Å²) in [5.41, 5.74) is 0.290. The summed E-state index contributed by atoms with van der Waals surface area (Å²) in [4.78, 5) is 27.9. The third kappa shape index (κ3) is 4.82. The summed E-state index contributed by atoms with van der Waals surface area (Å²) in [6.45, 7) is 5.24. The topological polar surface area (TPSA) is 61.4 Å². The second-order valence-corrected chi connectivity index (χ2v) is 8.36. The molecule has 5 heteroatoms. The molecule has 2 amide bonds. The zero-order valence-corrected chi connectivity index (χ0v) is 16.7. The highest BCUT2D eigenvalue weighted by molar-refractivity contribution is 5.90. The fourth-order valence-electron chi connectivity index (χ4n) is 4.32. The molecular formula is C22H33N3O2. The average molecular weight is 372 g/mol. The predicted octanol–water partition coefficient (Wildman–Crippen LogP) is 3.56. The summed E-state index contributed by atoms with van der Waals surface area (Å²) in [5, 5.41) is 6.56. The van der Waals surface area contributed by atoms with Crippen molar-refractivity contribution in [3.05, 3.63) is 30.3 Å². The van der Waals surface area contributed by atoms with Gasteiger partial charge in [-0.1, -0.05) is 37.5 Å². The van der Waals surface area contributed by atoms with Gasteiger partial charge in [0.25, 0.3) is 0 Å². The van der Waals surface area contributed by atoms with E-state index >= 15 is 0 Å². The normalized spacial score (nSPS) is 20.3. The summed E-state index contributed by atoms with van der Waals surface area (Å²) in [6, 6.07) is 9.98. The van der Waals surface area contributed by atoms with Crippen LogP contribution in [0.2, 0.25) is 0 Å². The van der Waals surface area contributed by atoms with Gasteiger partial charge in [0.2, 0.25) is 11.8 Å². The lowest BCUT2D eigenvalue weighted by atomic mass is 9.83. The summed E-state index contributed by atoms with van der Waals surface area (Å²) < 4.78 is 0. The highest BCUT2D eigenvalue weighted by Crippen LogP contribution is 2.31. The molecule has 1 saturated carbocycles. The van der Waals surface area contributed by atoms with Crippen molar-refractivity contribution in [1.29, 1.82) is 0 Å². The molecule has 0 aromatic heterocycles. The Morgan fingerprint density at radius 3 is 2.26 bits per heavy atom. The fraction of sp³-hybridized carbons (Fsp3) is 0.636. The number of nitrogens with one attached hydrogen (secondary N) is 2. The van der Waals surface area contributed by atoms with Crippen LogP contribution in [-0.4, -0.2) is 41.4 Å². The molecule has 0 atom stereocenters. The summed E-state index contributed by atoms with van der Waals surface area (Å²) >= 11 is 0. The Labute approximate surface area is 162 Å². The van der Waals surface area contributed by atoms with Crippen LogP contribution in [0, 0.1) is 5.92 Å². The second kappa shape index (κ2) is 8.77. The summed E-state index contributed by atoms with van der Waals surface area (Å²) in [6.07, 6.45) is 6.91. The van der Waals surface area contributed by atoms with Crippen molar-refractivity contribution >= 4 is 17.5 Å². The molecule has 0 bridgehead atoms. The number of anilines is 1. The van der Waals surface area contributed by atoms with Crippen molar-refractivity contribution in [2.24, 2.45) is 5.92 Å². The number of amides is 2. The van der Waals surface area contributed by atoms with Gasteiger partial charge in [0.1, 0.15) is 5.54 Å². The van der Waals surface area contributed by atoms with Crippen LogP contribution >= 0.6 is 0 Å². The van der Waals surface area contributed by atoms with Gasteiger partial charge in [-0.05, 0) is 51.7 Å². The van der Waals surface area contributed by atoms with Crippen LogP contribution in [-0.2, 0) is 9.59 Å². The SMILES string of the molecule is CC(C)NC(=O)C1(Nc2ccccc2)CCN(C(=O)C2CCCCC2)CC1. The lowest BCUT2D eigenvalue weighted by Crippen LogP contribution is -2.60. The Balaban J connectivity index is 1.69. The molecule has 2 fully saturated rings. The molecule has 1 aliphatic carbocycles. The van der Waals surface area contributed by atoms with Crippen LogP contribution in [0.3, 0.4) is 0 Å². The molecule has 148 valence electrons. The zero-order chi connectivity index (χ0) is 19.3. The van der Waals surface area contributed by atoms with Crippen molar-refractivity contribution in [1.82, 2.24) is 10.2 Å². The molecule has 2 aliphatic rings. The zero-order valence-electron chi connectivity index (χ0n) is 16.7. The Morgan fingerprint density at radius 1 is 1.04 bits per heavy atom. The molecule has 1 aromatic rings. The van der Waals surface area contributed by atoms with Gasteiger partial charge >= 0.3 is 0 Å². The van der Waals surface area contributed by atoms with E-state index in [-0.39, 0.29) is 17.9 Å². The number of benzene rings is 1. The van der Waals surface area contributed by atoms with Crippen molar-refractivity contribution in [3.8, 4) is 0 Å². The fourth-order valence-corrected chi connectivity index (χ4v) is 4.32. The highest BCUT2D eigenvalue weighted by Gasteiger charge is 2.43. The molecular weight excluding hydrogens is 338 g/mol. The van der Waals surface area contributed by atoms with Gasteiger partial charge in [0.15, 0.2) is 0 Å². The van der Waals surface area contributed by atoms with E-state index in [1.165, 1.54) is 19.3 Å². The minimum absolute atomic E-state index is 0.0334. The molecule has 0 spiro atoms. The monoisotopic (exact) mass is 371 g/mol. The maximum atomic E-state index is 13.0. The molecule has 1 heterocycles. The number of nitrogens with zero attached hydrogens (tertiary/aromatic N) is 1. The van der Waals surface area contributed by atoms with Gasteiger partial charge in [-0.25, -0.2) is 0 Å². The molecule has 27 heavy (non-hydrogen) atoms. The summed E-state index contributed by atoms with van der Waals surface area (Å²) in [7, 11) is 0. The van der Waals surface area contributed by atoms with Crippen molar-refractivity contribution < 1.29 is 9.59 Å². The van der Waals surface area contributed by atoms with Crippen LogP contribution in [0.4, 0.5) is 5.69 Å². The maximum Gasteiger partial charge on any atom is 0.246 e. The number of piperidine rings is 1. The average Bonchev–Trinajstić information content (AvgIpc) is 2.69. The molecule has 5 nitrogen and oxygen atoms in total. The van der Waals surface area contributed by atoms with Gasteiger partial charge < -0.3 is 15.5 Å². The Bertz CT molecular complexity index is 630. The van der Waals surface area contributed by atoms with E-state index in [4.69, 9.17) is 0 Å². The Hall–Kier alpha value is -2.04. The predicted molar refractivity (Wildman–Crippen MR) is 108 cm³/mol. The number of likely N-dealkylation sites (tertiary alicyclic amines) is 1. The molecule has 3 rings (SSSR count). The van der Waals surface area contributed by atoms with Crippen LogP contribution < -0.4 is 10.6 Å². The minimum atomic E-state index is -0.658. The first-order valence-electron chi connectivity index (χ1n) is 10.4. The Kier molecular flexibility index (Phi) is 6.40. The largest absolute Gasteiger partial charge is 0.371 e. The van der Waals surface area contributed by atoms with Crippen molar-refractivity contribution in [2.75, 3.05) is 18.4 Å². The highest BCUT2D eigenvalue weighted by atomic mass is 16.2. The lowest BCUT2D eigenvalue weighted by molar-refractivity contribution is -0.140. The number of hydrogen-bond donors (Lipinski definition) is 2. The molecule has 0 radical (unpaired) electrons. The summed E-state index contributed by atoms with van der Waals surface area (Å²) in [5.74, 6) is 0.524. The molecule has 0 unspecified atom stereocenters. The van der Waals surface area contributed by atoms with Crippen LogP contribution in [0.1, 0.15) is 58.8 Å². The van der Waals surface area contributed by atoms with Crippen LogP contribution in [0.15, 0.2) is 30.3 Å². The van der Waals surface area contributed by atoms with Gasteiger partial charge in [0, 0.05) is 30.7 Å². The second-order valence-electron chi connectivity index (χ2n) is 8.36. The molecule has 2 N–H and O–H groups in total. The van der Waals surface area contributed by atoms with E-state index < -0.39 is 5.54 Å². The number of para-hydroxylation sites is 1. The van der Waals surface area contributed by atoms with E-state index in [1.807, 2.05) is 49.1 Å². The molecule has 1 aliphatic heterocycles. The van der Waals surface area contributed by atoms with E-state index in [1.54, 1.807) is 0 Å². The van der Waals surface area contributed by atoms with Crippen molar-refractivity contribution in [3.63, 3.8) is 0 Å². The maximum absolute atomic E-state index is 13.0. The van der Waals surface area contributed by atoms with E-state index in [0.717, 1.165) is 18.5 Å².